The minimum Gasteiger partial charge on any atom is -0.357 e. The van der Waals surface area contributed by atoms with Gasteiger partial charge >= 0.3 is 0 Å². The first-order valence-electron chi connectivity index (χ1n) is 5.65. The van der Waals surface area contributed by atoms with Gasteiger partial charge in [0.1, 0.15) is 19.7 Å². The Bertz CT molecular complexity index is 695. The van der Waals surface area contributed by atoms with Crippen molar-refractivity contribution in [3.8, 4) is 0 Å². The lowest BCUT2D eigenvalue weighted by Gasteiger charge is -2.04. The van der Waals surface area contributed by atoms with Gasteiger partial charge < -0.3 is 5.32 Å². The highest BCUT2D eigenvalue weighted by molar-refractivity contribution is 8.00. The van der Waals surface area contributed by atoms with E-state index in [1.165, 1.54) is 22.9 Å². The number of nitrogens with one attached hydrogen (secondary N) is 1. The molecule has 0 aromatic carbocycles. The van der Waals surface area contributed by atoms with Crippen molar-refractivity contribution in [1.82, 2.24) is 9.97 Å². The monoisotopic (exact) mass is 317 g/mol. The number of fused-ring (bicyclic) bond motifs is 1. The summed E-state index contributed by atoms with van der Waals surface area (Å²) < 4.78 is 22.3. The van der Waals surface area contributed by atoms with Gasteiger partial charge in [-0.25, -0.2) is 18.4 Å². The van der Waals surface area contributed by atoms with Gasteiger partial charge in [-0.2, -0.15) is 0 Å². The summed E-state index contributed by atoms with van der Waals surface area (Å²) in [5.41, 5.74) is 0. The predicted octanol–water partition coefficient (Wildman–Crippen LogP) is 2.18. The molecule has 2 heterocycles. The van der Waals surface area contributed by atoms with Gasteiger partial charge in [0.25, 0.3) is 0 Å². The first-order valence-corrected chi connectivity index (χ1v) is 9.52. The molecule has 0 atom stereocenters. The summed E-state index contributed by atoms with van der Waals surface area (Å²) in [4.78, 5) is 10.9. The Labute approximate surface area is 120 Å². The second-order valence-electron chi connectivity index (χ2n) is 4.16. The Morgan fingerprint density at radius 2 is 2.16 bits per heavy atom. The average molecular weight is 317 g/mol. The van der Waals surface area contributed by atoms with Crippen LogP contribution in [0.1, 0.15) is 4.88 Å². The van der Waals surface area contributed by atoms with E-state index in [1.807, 2.05) is 13.0 Å². The fourth-order valence-corrected chi connectivity index (χ4v) is 4.67. The van der Waals surface area contributed by atoms with E-state index in [1.54, 1.807) is 18.4 Å². The molecule has 104 valence electrons. The standard InChI is InChI=1S/C11H15N3O2S3/c1-7-6-8-9(17-4-5-19(3,15)16)13-11(12-2)14-10(8)18-7/h6H,4-5H2,1-3H3,(H,12,13,14). The molecule has 0 saturated heterocycles. The second-order valence-corrected chi connectivity index (χ2v) is 8.73. The maximum absolute atomic E-state index is 11.2. The summed E-state index contributed by atoms with van der Waals surface area (Å²) >= 11 is 3.07. The highest BCUT2D eigenvalue weighted by atomic mass is 32.2. The van der Waals surface area contributed by atoms with Gasteiger partial charge in [-0.15, -0.1) is 23.1 Å². The first kappa shape index (κ1) is 14.5. The number of rotatable bonds is 5. The molecule has 2 aromatic heterocycles. The minimum absolute atomic E-state index is 0.154. The summed E-state index contributed by atoms with van der Waals surface area (Å²) in [5.74, 6) is 1.22. The second kappa shape index (κ2) is 5.64. The normalized spacial score (nSPS) is 11.9. The number of aryl methyl sites for hydroxylation is 1. The molecule has 19 heavy (non-hydrogen) atoms. The molecule has 0 amide bonds. The fourth-order valence-electron chi connectivity index (χ4n) is 1.53. The zero-order chi connectivity index (χ0) is 14.0. The molecule has 2 rings (SSSR count). The summed E-state index contributed by atoms with van der Waals surface area (Å²) in [6.07, 6.45) is 1.25. The largest absolute Gasteiger partial charge is 0.357 e. The number of hydrogen-bond acceptors (Lipinski definition) is 7. The molecule has 0 spiro atoms. The molecule has 0 radical (unpaired) electrons. The maximum Gasteiger partial charge on any atom is 0.224 e. The van der Waals surface area contributed by atoms with Crippen molar-refractivity contribution < 1.29 is 8.42 Å². The molecule has 0 aliphatic carbocycles. The molecule has 1 N–H and O–H groups in total. The molecule has 5 nitrogen and oxygen atoms in total. The van der Waals surface area contributed by atoms with Crippen molar-refractivity contribution >= 4 is 49.1 Å². The zero-order valence-electron chi connectivity index (χ0n) is 10.9. The van der Waals surface area contributed by atoms with Crippen LogP contribution in [0.5, 0.6) is 0 Å². The molecular formula is C11H15N3O2S3. The Balaban J connectivity index is 2.30. The van der Waals surface area contributed by atoms with Crippen LogP contribution >= 0.6 is 23.1 Å². The number of anilines is 1. The zero-order valence-corrected chi connectivity index (χ0v) is 13.4. The highest BCUT2D eigenvalue weighted by Gasteiger charge is 2.11. The summed E-state index contributed by atoms with van der Waals surface area (Å²) in [6, 6.07) is 2.04. The van der Waals surface area contributed by atoms with Crippen LogP contribution in [-0.2, 0) is 9.84 Å². The van der Waals surface area contributed by atoms with Gasteiger partial charge in [0, 0.05) is 29.3 Å². The molecule has 0 aliphatic heterocycles. The summed E-state index contributed by atoms with van der Waals surface area (Å²) in [6.45, 7) is 2.02. The number of hydrogen-bond donors (Lipinski definition) is 1. The van der Waals surface area contributed by atoms with Gasteiger partial charge in [-0.3, -0.25) is 0 Å². The van der Waals surface area contributed by atoms with Crippen molar-refractivity contribution in [3.05, 3.63) is 10.9 Å². The van der Waals surface area contributed by atoms with Crippen LogP contribution in [0, 0.1) is 6.92 Å². The van der Waals surface area contributed by atoms with E-state index in [9.17, 15) is 8.42 Å². The SMILES string of the molecule is CNc1nc(SCCS(C)(=O)=O)c2cc(C)sc2n1. The van der Waals surface area contributed by atoms with Gasteiger partial charge in [0.15, 0.2) is 0 Å². The van der Waals surface area contributed by atoms with Crippen LogP contribution in [-0.4, -0.2) is 43.2 Å². The molecule has 0 unspecified atom stereocenters. The van der Waals surface area contributed by atoms with Gasteiger partial charge in [0.2, 0.25) is 5.95 Å². The Morgan fingerprint density at radius 3 is 2.79 bits per heavy atom. The molecule has 0 bridgehead atoms. The molecule has 0 fully saturated rings. The smallest absolute Gasteiger partial charge is 0.224 e. The Hall–Kier alpha value is -0.860. The van der Waals surface area contributed by atoms with Crippen LogP contribution < -0.4 is 5.32 Å². The van der Waals surface area contributed by atoms with Crippen LogP contribution in [0.4, 0.5) is 5.95 Å². The van der Waals surface area contributed by atoms with Crippen molar-refractivity contribution in [1.29, 1.82) is 0 Å². The van der Waals surface area contributed by atoms with E-state index < -0.39 is 9.84 Å². The van der Waals surface area contributed by atoms with Crippen LogP contribution in [0.3, 0.4) is 0 Å². The molecule has 0 saturated carbocycles. The molecular weight excluding hydrogens is 302 g/mol. The highest BCUT2D eigenvalue weighted by Crippen LogP contribution is 2.32. The van der Waals surface area contributed by atoms with Crippen LogP contribution in [0.25, 0.3) is 10.2 Å². The third-order valence-electron chi connectivity index (χ3n) is 2.40. The topological polar surface area (TPSA) is 72.0 Å². The number of aromatic nitrogens is 2. The van der Waals surface area contributed by atoms with Crippen molar-refractivity contribution in [2.75, 3.05) is 30.1 Å². The Kier molecular flexibility index (Phi) is 4.32. The number of thiophene rings is 1. The van der Waals surface area contributed by atoms with E-state index >= 15 is 0 Å². The van der Waals surface area contributed by atoms with Crippen molar-refractivity contribution in [2.45, 2.75) is 11.9 Å². The van der Waals surface area contributed by atoms with E-state index in [0.29, 0.717) is 11.7 Å². The predicted molar refractivity (Wildman–Crippen MR) is 82.1 cm³/mol. The Morgan fingerprint density at radius 1 is 1.42 bits per heavy atom. The van der Waals surface area contributed by atoms with Crippen molar-refractivity contribution in [2.24, 2.45) is 0 Å². The summed E-state index contributed by atoms with van der Waals surface area (Å²) in [7, 11) is -1.16. The summed E-state index contributed by atoms with van der Waals surface area (Å²) in [5, 5.41) is 4.76. The van der Waals surface area contributed by atoms with Gasteiger partial charge in [-0.1, -0.05) is 0 Å². The maximum atomic E-state index is 11.2. The fraction of sp³-hybridized carbons (Fsp3) is 0.455. The van der Waals surface area contributed by atoms with Gasteiger partial charge in [-0.05, 0) is 13.0 Å². The van der Waals surface area contributed by atoms with Crippen molar-refractivity contribution in [3.63, 3.8) is 0 Å². The lowest BCUT2D eigenvalue weighted by atomic mass is 10.4. The van der Waals surface area contributed by atoms with Crippen LogP contribution in [0.15, 0.2) is 11.1 Å². The van der Waals surface area contributed by atoms with E-state index in [0.717, 1.165) is 15.2 Å². The van der Waals surface area contributed by atoms with E-state index in [4.69, 9.17) is 0 Å². The quantitative estimate of drug-likeness (QED) is 0.673. The molecule has 8 heteroatoms. The third kappa shape index (κ3) is 3.80. The lowest BCUT2D eigenvalue weighted by molar-refractivity contribution is 0.603. The average Bonchev–Trinajstić information content (AvgIpc) is 2.67. The first-order chi connectivity index (χ1) is 8.89. The number of sulfone groups is 1. The van der Waals surface area contributed by atoms with E-state index in [-0.39, 0.29) is 5.75 Å². The third-order valence-corrected chi connectivity index (χ3v) is 5.54. The van der Waals surface area contributed by atoms with E-state index in [2.05, 4.69) is 15.3 Å². The molecule has 2 aromatic rings. The molecule has 0 aliphatic rings. The number of nitrogens with zero attached hydrogens (tertiary/aromatic N) is 2. The van der Waals surface area contributed by atoms with Gasteiger partial charge in [0.05, 0.1) is 5.75 Å². The minimum atomic E-state index is -2.94. The van der Waals surface area contributed by atoms with Crippen LogP contribution in [0.2, 0.25) is 0 Å². The lowest BCUT2D eigenvalue weighted by Crippen LogP contribution is -2.05. The number of thioether (sulfide) groups is 1.